The molecule has 4 heterocycles. The monoisotopic (exact) mass is 294 g/mol. The van der Waals surface area contributed by atoms with E-state index in [2.05, 4.69) is 27.7 Å². The number of pyridine rings is 2. The average Bonchev–Trinajstić information content (AvgIpc) is 3.09. The fraction of sp³-hybridized carbons (Fsp3) is 0. The van der Waals surface area contributed by atoms with E-state index in [1.165, 1.54) is 0 Å². The first-order valence-corrected chi connectivity index (χ1v) is 6.88. The van der Waals surface area contributed by atoms with Gasteiger partial charge in [0.25, 0.3) is 0 Å². The van der Waals surface area contributed by atoms with E-state index >= 15 is 0 Å². The standard InChI is InChI=1S/C16H11ClN4/c1-2-10-8-19-21-6-5-11(7-14(10)21)13-9-18-16-12(13)3-4-15(17)20-16/h2-9H,1H2,(H,18,20). The fourth-order valence-corrected chi connectivity index (χ4v) is 2.69. The molecule has 0 spiro atoms. The summed E-state index contributed by atoms with van der Waals surface area (Å²) in [5.41, 5.74) is 5.01. The van der Waals surface area contributed by atoms with Crippen LogP contribution in [-0.4, -0.2) is 19.6 Å². The van der Waals surface area contributed by atoms with E-state index in [0.29, 0.717) is 5.15 Å². The molecule has 5 heteroatoms. The Morgan fingerprint density at radius 1 is 1.29 bits per heavy atom. The van der Waals surface area contributed by atoms with E-state index in [1.54, 1.807) is 6.07 Å². The van der Waals surface area contributed by atoms with Crippen LogP contribution < -0.4 is 0 Å². The number of nitrogens with zero attached hydrogens (tertiary/aromatic N) is 3. The molecule has 4 aromatic heterocycles. The summed E-state index contributed by atoms with van der Waals surface area (Å²) in [5.74, 6) is 0. The highest BCUT2D eigenvalue weighted by Gasteiger charge is 2.09. The summed E-state index contributed by atoms with van der Waals surface area (Å²) < 4.78 is 1.84. The van der Waals surface area contributed by atoms with Crippen molar-refractivity contribution in [2.24, 2.45) is 0 Å². The molecule has 0 bridgehead atoms. The molecule has 0 aliphatic heterocycles. The van der Waals surface area contributed by atoms with Crippen LogP contribution >= 0.6 is 11.6 Å². The maximum Gasteiger partial charge on any atom is 0.139 e. The second kappa shape index (κ2) is 4.46. The molecule has 4 nitrogen and oxygen atoms in total. The molecule has 0 radical (unpaired) electrons. The van der Waals surface area contributed by atoms with Crippen molar-refractivity contribution in [1.29, 1.82) is 0 Å². The summed E-state index contributed by atoms with van der Waals surface area (Å²) in [5, 5.41) is 5.82. The van der Waals surface area contributed by atoms with Gasteiger partial charge in [-0.2, -0.15) is 5.10 Å². The van der Waals surface area contributed by atoms with Crippen LogP contribution in [0.25, 0.3) is 33.8 Å². The molecule has 0 saturated heterocycles. The minimum Gasteiger partial charge on any atom is -0.345 e. The predicted octanol–water partition coefficient (Wildman–Crippen LogP) is 4.17. The zero-order valence-corrected chi connectivity index (χ0v) is 11.8. The molecule has 4 rings (SSSR count). The largest absolute Gasteiger partial charge is 0.345 e. The SMILES string of the molecule is C=Cc1cnn2ccc(-c3c[nH]c4nc(Cl)ccc34)cc12. The number of fused-ring (bicyclic) bond motifs is 2. The normalized spacial score (nSPS) is 11.3. The first kappa shape index (κ1) is 12.2. The molecule has 0 fully saturated rings. The number of H-pyrrole nitrogens is 1. The van der Waals surface area contributed by atoms with E-state index in [9.17, 15) is 0 Å². The van der Waals surface area contributed by atoms with Gasteiger partial charge in [0.2, 0.25) is 0 Å². The van der Waals surface area contributed by atoms with E-state index in [1.807, 2.05) is 41.3 Å². The van der Waals surface area contributed by atoms with Crippen molar-refractivity contribution < 1.29 is 0 Å². The minimum atomic E-state index is 0.482. The first-order chi connectivity index (χ1) is 10.3. The van der Waals surface area contributed by atoms with E-state index in [4.69, 9.17) is 11.6 Å². The lowest BCUT2D eigenvalue weighted by molar-refractivity contribution is 0.962. The number of hydrogen-bond acceptors (Lipinski definition) is 2. The van der Waals surface area contributed by atoms with Crippen LogP contribution in [0.3, 0.4) is 0 Å². The van der Waals surface area contributed by atoms with Gasteiger partial charge in [-0.3, -0.25) is 0 Å². The minimum absolute atomic E-state index is 0.482. The first-order valence-electron chi connectivity index (χ1n) is 6.50. The number of aromatic nitrogens is 4. The van der Waals surface area contributed by atoms with Gasteiger partial charge in [-0.1, -0.05) is 24.3 Å². The van der Waals surface area contributed by atoms with Gasteiger partial charge in [0.15, 0.2) is 0 Å². The molecule has 102 valence electrons. The number of aromatic amines is 1. The molecule has 1 N–H and O–H groups in total. The molecule has 0 atom stereocenters. The van der Waals surface area contributed by atoms with Gasteiger partial charge in [0.1, 0.15) is 10.8 Å². The van der Waals surface area contributed by atoms with Crippen LogP contribution in [0, 0.1) is 0 Å². The van der Waals surface area contributed by atoms with Crippen LogP contribution in [0.15, 0.2) is 49.4 Å². The van der Waals surface area contributed by atoms with Crippen molar-refractivity contribution in [3.8, 4) is 11.1 Å². The average molecular weight is 295 g/mol. The molecule has 4 aromatic rings. The smallest absolute Gasteiger partial charge is 0.139 e. The summed E-state index contributed by atoms with van der Waals surface area (Å²) >= 11 is 5.92. The van der Waals surface area contributed by atoms with Crippen LogP contribution in [0.4, 0.5) is 0 Å². The Morgan fingerprint density at radius 3 is 3.05 bits per heavy atom. The van der Waals surface area contributed by atoms with Crippen molar-refractivity contribution in [3.05, 3.63) is 60.2 Å². The van der Waals surface area contributed by atoms with Gasteiger partial charge < -0.3 is 4.98 Å². The number of hydrogen-bond donors (Lipinski definition) is 1. The van der Waals surface area contributed by atoms with E-state index < -0.39 is 0 Å². The third-order valence-electron chi connectivity index (χ3n) is 3.59. The third kappa shape index (κ3) is 1.84. The Balaban J connectivity index is 1.97. The predicted molar refractivity (Wildman–Crippen MR) is 85.4 cm³/mol. The van der Waals surface area contributed by atoms with Crippen molar-refractivity contribution in [1.82, 2.24) is 19.6 Å². The van der Waals surface area contributed by atoms with Crippen molar-refractivity contribution in [2.45, 2.75) is 0 Å². The highest BCUT2D eigenvalue weighted by molar-refractivity contribution is 6.29. The molecular weight excluding hydrogens is 284 g/mol. The van der Waals surface area contributed by atoms with Gasteiger partial charge >= 0.3 is 0 Å². The Bertz CT molecular complexity index is 980. The molecular formula is C16H11ClN4. The van der Waals surface area contributed by atoms with Crippen LogP contribution in [0.2, 0.25) is 5.15 Å². The Labute approximate surface area is 125 Å². The Kier molecular flexibility index (Phi) is 2.59. The van der Waals surface area contributed by atoms with Crippen LogP contribution in [0.1, 0.15) is 5.56 Å². The van der Waals surface area contributed by atoms with E-state index in [-0.39, 0.29) is 0 Å². The maximum atomic E-state index is 5.92. The topological polar surface area (TPSA) is 46.0 Å². The van der Waals surface area contributed by atoms with Gasteiger partial charge in [0, 0.05) is 28.9 Å². The zero-order chi connectivity index (χ0) is 14.4. The molecule has 0 aliphatic rings. The van der Waals surface area contributed by atoms with Crippen LogP contribution in [-0.2, 0) is 0 Å². The lowest BCUT2D eigenvalue weighted by Gasteiger charge is -2.02. The van der Waals surface area contributed by atoms with E-state index in [0.717, 1.165) is 33.2 Å². The summed E-state index contributed by atoms with van der Waals surface area (Å²) in [6.07, 6.45) is 7.51. The molecule has 0 saturated carbocycles. The Hall–Kier alpha value is -2.59. The molecule has 0 aliphatic carbocycles. The van der Waals surface area contributed by atoms with Crippen molar-refractivity contribution in [2.75, 3.05) is 0 Å². The van der Waals surface area contributed by atoms with Gasteiger partial charge in [-0.15, -0.1) is 0 Å². The summed E-state index contributed by atoms with van der Waals surface area (Å²) in [6, 6.07) is 7.91. The van der Waals surface area contributed by atoms with Gasteiger partial charge in [-0.05, 0) is 29.8 Å². The molecule has 0 amide bonds. The number of halogens is 1. The zero-order valence-electron chi connectivity index (χ0n) is 11.0. The summed E-state index contributed by atoms with van der Waals surface area (Å²) in [6.45, 7) is 3.82. The van der Waals surface area contributed by atoms with Crippen LogP contribution in [0.5, 0.6) is 0 Å². The fourth-order valence-electron chi connectivity index (χ4n) is 2.54. The Morgan fingerprint density at radius 2 is 2.19 bits per heavy atom. The third-order valence-corrected chi connectivity index (χ3v) is 3.80. The molecule has 0 aromatic carbocycles. The molecule has 21 heavy (non-hydrogen) atoms. The summed E-state index contributed by atoms with van der Waals surface area (Å²) in [4.78, 5) is 7.44. The van der Waals surface area contributed by atoms with Crippen molar-refractivity contribution in [3.63, 3.8) is 0 Å². The second-order valence-corrected chi connectivity index (χ2v) is 5.17. The number of rotatable bonds is 2. The second-order valence-electron chi connectivity index (χ2n) is 4.78. The molecule has 0 unspecified atom stereocenters. The van der Waals surface area contributed by atoms with Crippen molar-refractivity contribution >= 4 is 34.2 Å². The number of nitrogens with one attached hydrogen (secondary N) is 1. The highest BCUT2D eigenvalue weighted by atomic mass is 35.5. The highest BCUT2D eigenvalue weighted by Crippen LogP contribution is 2.30. The van der Waals surface area contributed by atoms with Gasteiger partial charge in [0.05, 0.1) is 11.7 Å². The lowest BCUT2D eigenvalue weighted by atomic mass is 10.1. The summed E-state index contributed by atoms with van der Waals surface area (Å²) in [7, 11) is 0. The quantitative estimate of drug-likeness (QED) is 0.564. The lowest BCUT2D eigenvalue weighted by Crippen LogP contribution is -1.87. The maximum absolute atomic E-state index is 5.92. The van der Waals surface area contributed by atoms with Gasteiger partial charge in [-0.25, -0.2) is 9.50 Å².